The van der Waals surface area contributed by atoms with Gasteiger partial charge in [-0.1, -0.05) is 12.8 Å². The molecule has 1 aromatic heterocycles. The Labute approximate surface area is 107 Å². The monoisotopic (exact) mass is 273 g/mol. The number of nitrogens with one attached hydrogen (secondary N) is 2. The van der Waals surface area contributed by atoms with Crippen LogP contribution in [0.2, 0.25) is 0 Å². The first-order chi connectivity index (χ1) is 8.54. The van der Waals surface area contributed by atoms with E-state index in [0.717, 1.165) is 25.7 Å². The lowest BCUT2D eigenvalue weighted by Crippen LogP contribution is -2.43. The number of hydrogen-bond acceptors (Lipinski definition) is 4. The minimum Gasteiger partial charge on any atom is -0.396 e. The van der Waals surface area contributed by atoms with Crippen molar-refractivity contribution in [1.82, 2.24) is 14.9 Å². The van der Waals surface area contributed by atoms with Gasteiger partial charge >= 0.3 is 0 Å². The number of aromatic nitrogens is 2. The second-order valence-electron chi connectivity index (χ2n) is 4.81. The van der Waals surface area contributed by atoms with E-state index in [-0.39, 0.29) is 23.5 Å². The molecule has 2 rings (SSSR count). The standard InChI is InChI=1S/C11H19N3O3S/c1-8-11(6-12-13-8)18(16,17)14-10-5-3-2-4-9(10)7-15/h6,9-10,14-15H,2-5,7H2,1H3,(H,12,13). The number of hydrogen-bond donors (Lipinski definition) is 3. The van der Waals surface area contributed by atoms with E-state index in [1.165, 1.54) is 6.20 Å². The van der Waals surface area contributed by atoms with Gasteiger partial charge in [0.15, 0.2) is 0 Å². The first-order valence-electron chi connectivity index (χ1n) is 6.18. The summed E-state index contributed by atoms with van der Waals surface area (Å²) in [6.45, 7) is 1.70. The van der Waals surface area contributed by atoms with Crippen LogP contribution in [-0.2, 0) is 10.0 Å². The Hall–Kier alpha value is -0.920. The molecule has 1 saturated carbocycles. The molecule has 1 aliphatic rings. The molecule has 7 heteroatoms. The van der Waals surface area contributed by atoms with Gasteiger partial charge in [0.2, 0.25) is 10.0 Å². The summed E-state index contributed by atoms with van der Waals surface area (Å²) in [5, 5.41) is 15.6. The summed E-state index contributed by atoms with van der Waals surface area (Å²) in [5.74, 6) is 0.0146. The summed E-state index contributed by atoms with van der Waals surface area (Å²) in [5.41, 5.74) is 0.527. The van der Waals surface area contributed by atoms with E-state index in [0.29, 0.717) is 5.69 Å². The third-order valence-corrected chi connectivity index (χ3v) is 5.13. The van der Waals surface area contributed by atoms with Gasteiger partial charge in [-0.25, -0.2) is 13.1 Å². The lowest BCUT2D eigenvalue weighted by Gasteiger charge is -2.30. The highest BCUT2D eigenvalue weighted by Gasteiger charge is 2.30. The molecule has 0 aromatic carbocycles. The Morgan fingerprint density at radius 3 is 2.83 bits per heavy atom. The van der Waals surface area contributed by atoms with Crippen molar-refractivity contribution in [3.05, 3.63) is 11.9 Å². The van der Waals surface area contributed by atoms with Crippen LogP contribution in [0.25, 0.3) is 0 Å². The Bertz CT molecular complexity index is 497. The number of aromatic amines is 1. The molecule has 1 aromatic rings. The minimum atomic E-state index is -3.55. The second kappa shape index (κ2) is 5.38. The molecule has 1 heterocycles. The van der Waals surface area contributed by atoms with E-state index in [1.54, 1.807) is 6.92 Å². The topological polar surface area (TPSA) is 95.1 Å². The number of aliphatic hydroxyl groups is 1. The van der Waals surface area contributed by atoms with Crippen LogP contribution in [0.4, 0.5) is 0 Å². The molecule has 18 heavy (non-hydrogen) atoms. The molecule has 1 aliphatic carbocycles. The predicted molar refractivity (Wildman–Crippen MR) is 66.5 cm³/mol. The van der Waals surface area contributed by atoms with Crippen LogP contribution < -0.4 is 4.72 Å². The zero-order valence-electron chi connectivity index (χ0n) is 10.4. The fraction of sp³-hybridized carbons (Fsp3) is 0.727. The van der Waals surface area contributed by atoms with Gasteiger partial charge in [0.05, 0.1) is 11.9 Å². The molecule has 2 unspecified atom stereocenters. The van der Waals surface area contributed by atoms with Crippen LogP contribution in [0, 0.1) is 12.8 Å². The van der Waals surface area contributed by atoms with Gasteiger partial charge in [0.25, 0.3) is 0 Å². The maximum atomic E-state index is 12.2. The highest BCUT2D eigenvalue weighted by atomic mass is 32.2. The van der Waals surface area contributed by atoms with Gasteiger partial charge < -0.3 is 5.11 Å². The van der Waals surface area contributed by atoms with Gasteiger partial charge in [-0.05, 0) is 25.7 Å². The van der Waals surface area contributed by atoms with Gasteiger partial charge in [0.1, 0.15) is 4.90 Å². The fourth-order valence-electron chi connectivity index (χ4n) is 2.45. The Morgan fingerprint density at radius 2 is 2.22 bits per heavy atom. The molecule has 0 saturated heterocycles. The van der Waals surface area contributed by atoms with Gasteiger partial charge in [-0.15, -0.1) is 0 Å². The first-order valence-corrected chi connectivity index (χ1v) is 7.66. The van der Waals surface area contributed by atoms with E-state index in [2.05, 4.69) is 14.9 Å². The maximum Gasteiger partial charge on any atom is 0.244 e. The normalized spacial score (nSPS) is 25.2. The zero-order valence-corrected chi connectivity index (χ0v) is 11.2. The number of nitrogens with zero attached hydrogens (tertiary/aromatic N) is 1. The van der Waals surface area contributed by atoms with Crippen molar-refractivity contribution in [3.8, 4) is 0 Å². The molecule has 0 spiro atoms. The van der Waals surface area contributed by atoms with Crippen LogP contribution in [0.1, 0.15) is 31.4 Å². The maximum absolute atomic E-state index is 12.2. The smallest absolute Gasteiger partial charge is 0.244 e. The third-order valence-electron chi connectivity index (χ3n) is 3.52. The Kier molecular flexibility index (Phi) is 4.04. The summed E-state index contributed by atoms with van der Waals surface area (Å²) in [4.78, 5) is 0.185. The van der Waals surface area contributed by atoms with Gasteiger partial charge in [-0.3, -0.25) is 5.10 Å². The third kappa shape index (κ3) is 2.73. The van der Waals surface area contributed by atoms with Crippen LogP contribution in [0.15, 0.2) is 11.1 Å². The molecule has 102 valence electrons. The molecular formula is C11H19N3O3S. The average Bonchev–Trinajstić information content (AvgIpc) is 2.76. The van der Waals surface area contributed by atoms with Gasteiger partial charge in [-0.2, -0.15) is 5.10 Å². The quantitative estimate of drug-likeness (QED) is 0.746. The molecule has 0 radical (unpaired) electrons. The number of aliphatic hydroxyl groups excluding tert-OH is 1. The molecule has 0 amide bonds. The summed E-state index contributed by atoms with van der Waals surface area (Å²) in [7, 11) is -3.55. The molecule has 6 nitrogen and oxygen atoms in total. The van der Waals surface area contributed by atoms with Crippen LogP contribution in [0.3, 0.4) is 0 Å². The number of aryl methyl sites for hydroxylation is 1. The van der Waals surface area contributed by atoms with Gasteiger partial charge in [0, 0.05) is 12.6 Å². The SMILES string of the molecule is Cc1[nH]ncc1S(=O)(=O)NC1CCCCC1CO. The van der Waals surface area contributed by atoms with E-state index in [4.69, 9.17) is 0 Å². The molecule has 2 atom stereocenters. The lowest BCUT2D eigenvalue weighted by atomic mass is 9.86. The summed E-state index contributed by atoms with van der Waals surface area (Å²) >= 11 is 0. The van der Waals surface area contributed by atoms with Crippen molar-refractivity contribution in [2.75, 3.05) is 6.61 Å². The van der Waals surface area contributed by atoms with Crippen molar-refractivity contribution < 1.29 is 13.5 Å². The number of rotatable bonds is 4. The molecular weight excluding hydrogens is 254 g/mol. The van der Waals surface area contributed by atoms with E-state index in [1.807, 2.05) is 0 Å². The molecule has 3 N–H and O–H groups in total. The zero-order chi connectivity index (χ0) is 13.2. The van der Waals surface area contributed by atoms with E-state index >= 15 is 0 Å². The van der Waals surface area contributed by atoms with Crippen LogP contribution in [0.5, 0.6) is 0 Å². The Morgan fingerprint density at radius 1 is 1.50 bits per heavy atom. The fourth-order valence-corrected chi connectivity index (χ4v) is 3.93. The van der Waals surface area contributed by atoms with E-state index in [9.17, 15) is 13.5 Å². The van der Waals surface area contributed by atoms with Crippen LogP contribution >= 0.6 is 0 Å². The Balaban J connectivity index is 2.15. The second-order valence-corrected chi connectivity index (χ2v) is 6.50. The minimum absolute atomic E-state index is 0.0146. The molecule has 0 aliphatic heterocycles. The number of sulfonamides is 1. The first kappa shape index (κ1) is 13.5. The van der Waals surface area contributed by atoms with Crippen molar-refractivity contribution in [2.45, 2.75) is 43.5 Å². The van der Waals surface area contributed by atoms with Crippen molar-refractivity contribution >= 4 is 10.0 Å². The van der Waals surface area contributed by atoms with Crippen LogP contribution in [-0.4, -0.2) is 36.4 Å². The summed E-state index contributed by atoms with van der Waals surface area (Å²) < 4.78 is 27.1. The van der Waals surface area contributed by atoms with E-state index < -0.39 is 10.0 Å². The highest BCUT2D eigenvalue weighted by molar-refractivity contribution is 7.89. The molecule has 0 bridgehead atoms. The molecule has 1 fully saturated rings. The average molecular weight is 273 g/mol. The summed E-state index contributed by atoms with van der Waals surface area (Å²) in [6, 6.07) is -0.178. The van der Waals surface area contributed by atoms with Crippen molar-refractivity contribution in [2.24, 2.45) is 5.92 Å². The predicted octanol–water partition coefficient (Wildman–Crippen LogP) is 0.548. The number of H-pyrrole nitrogens is 1. The van der Waals surface area contributed by atoms with Crippen molar-refractivity contribution in [1.29, 1.82) is 0 Å². The highest BCUT2D eigenvalue weighted by Crippen LogP contribution is 2.25. The lowest BCUT2D eigenvalue weighted by molar-refractivity contribution is 0.164. The van der Waals surface area contributed by atoms with Crippen molar-refractivity contribution in [3.63, 3.8) is 0 Å². The largest absolute Gasteiger partial charge is 0.396 e. The summed E-state index contributed by atoms with van der Waals surface area (Å²) in [6.07, 6.45) is 5.01.